The van der Waals surface area contributed by atoms with Crippen molar-refractivity contribution in [1.29, 1.82) is 0 Å². The lowest BCUT2D eigenvalue weighted by molar-refractivity contribution is 0.586. The summed E-state index contributed by atoms with van der Waals surface area (Å²) >= 11 is 0. The smallest absolute Gasteiger partial charge is 0.222 e. The molecular formula is C16H18N6. The van der Waals surface area contributed by atoms with Crippen LogP contribution >= 0.6 is 0 Å². The van der Waals surface area contributed by atoms with Gasteiger partial charge in [0.25, 0.3) is 0 Å². The highest BCUT2D eigenvalue weighted by atomic mass is 15.2. The van der Waals surface area contributed by atoms with E-state index in [0.717, 1.165) is 54.2 Å². The fourth-order valence-electron chi connectivity index (χ4n) is 2.93. The SMILES string of the molecule is Nc1nc(N2CCNCC2)c2ccc(-c3ccc[nH]3)cc2n1. The van der Waals surface area contributed by atoms with Crippen LogP contribution in [0, 0.1) is 0 Å². The molecule has 6 nitrogen and oxygen atoms in total. The molecule has 1 saturated heterocycles. The first-order valence-corrected chi connectivity index (χ1v) is 7.48. The Morgan fingerprint density at radius 3 is 2.73 bits per heavy atom. The number of hydrogen-bond donors (Lipinski definition) is 3. The summed E-state index contributed by atoms with van der Waals surface area (Å²) in [6, 6.07) is 10.3. The van der Waals surface area contributed by atoms with Gasteiger partial charge < -0.3 is 20.9 Å². The summed E-state index contributed by atoms with van der Waals surface area (Å²) in [5.41, 5.74) is 8.98. The lowest BCUT2D eigenvalue weighted by atomic mass is 10.1. The fourth-order valence-corrected chi connectivity index (χ4v) is 2.93. The van der Waals surface area contributed by atoms with Gasteiger partial charge in [0.05, 0.1) is 5.52 Å². The van der Waals surface area contributed by atoms with Crippen molar-refractivity contribution in [3.05, 3.63) is 36.5 Å². The third-order valence-corrected chi connectivity index (χ3v) is 4.02. The van der Waals surface area contributed by atoms with Crippen LogP contribution in [0.3, 0.4) is 0 Å². The molecule has 0 amide bonds. The van der Waals surface area contributed by atoms with Crippen LogP contribution in [0.15, 0.2) is 36.5 Å². The summed E-state index contributed by atoms with van der Waals surface area (Å²) in [5.74, 6) is 1.26. The monoisotopic (exact) mass is 294 g/mol. The molecule has 0 spiro atoms. The molecule has 0 unspecified atom stereocenters. The van der Waals surface area contributed by atoms with E-state index in [2.05, 4.69) is 43.4 Å². The van der Waals surface area contributed by atoms with Gasteiger partial charge in [0, 0.05) is 49.0 Å². The molecule has 0 atom stereocenters. The first-order valence-electron chi connectivity index (χ1n) is 7.48. The highest BCUT2D eigenvalue weighted by molar-refractivity contribution is 5.93. The zero-order valence-corrected chi connectivity index (χ0v) is 12.2. The molecule has 22 heavy (non-hydrogen) atoms. The number of anilines is 2. The van der Waals surface area contributed by atoms with E-state index in [-0.39, 0.29) is 0 Å². The average Bonchev–Trinajstić information content (AvgIpc) is 3.09. The van der Waals surface area contributed by atoms with Crippen LogP contribution in [-0.4, -0.2) is 41.1 Å². The Bertz CT molecular complexity index is 790. The van der Waals surface area contributed by atoms with E-state index in [0.29, 0.717) is 5.95 Å². The van der Waals surface area contributed by atoms with Crippen LogP contribution in [0.1, 0.15) is 0 Å². The van der Waals surface area contributed by atoms with Crippen LogP contribution in [-0.2, 0) is 0 Å². The molecule has 3 heterocycles. The molecule has 4 rings (SSSR count). The molecule has 0 bridgehead atoms. The number of nitrogens with one attached hydrogen (secondary N) is 2. The van der Waals surface area contributed by atoms with E-state index in [1.54, 1.807) is 0 Å². The number of nitrogens with two attached hydrogens (primary N) is 1. The predicted octanol–water partition coefficient (Wildman–Crippen LogP) is 1.62. The van der Waals surface area contributed by atoms with Gasteiger partial charge >= 0.3 is 0 Å². The van der Waals surface area contributed by atoms with Crippen LogP contribution in [0.25, 0.3) is 22.2 Å². The van der Waals surface area contributed by atoms with E-state index in [1.165, 1.54) is 0 Å². The van der Waals surface area contributed by atoms with Gasteiger partial charge in [-0.25, -0.2) is 4.98 Å². The van der Waals surface area contributed by atoms with E-state index < -0.39 is 0 Å². The maximum atomic E-state index is 5.93. The molecule has 1 aromatic carbocycles. The summed E-state index contributed by atoms with van der Waals surface area (Å²) in [5, 5.41) is 4.40. The summed E-state index contributed by atoms with van der Waals surface area (Å²) in [4.78, 5) is 14.4. The largest absolute Gasteiger partial charge is 0.368 e. The number of piperazine rings is 1. The van der Waals surface area contributed by atoms with Crippen molar-refractivity contribution in [1.82, 2.24) is 20.3 Å². The molecule has 0 radical (unpaired) electrons. The highest BCUT2D eigenvalue weighted by Gasteiger charge is 2.16. The van der Waals surface area contributed by atoms with Gasteiger partial charge in [0.15, 0.2) is 0 Å². The molecule has 4 N–H and O–H groups in total. The van der Waals surface area contributed by atoms with Crippen molar-refractivity contribution in [2.45, 2.75) is 0 Å². The minimum Gasteiger partial charge on any atom is -0.368 e. The Labute approximate surface area is 128 Å². The first kappa shape index (κ1) is 13.1. The summed E-state index contributed by atoms with van der Waals surface area (Å²) in [6.45, 7) is 3.80. The predicted molar refractivity (Wildman–Crippen MR) is 88.8 cm³/mol. The maximum absolute atomic E-state index is 5.93. The van der Waals surface area contributed by atoms with Crippen molar-refractivity contribution in [3.63, 3.8) is 0 Å². The van der Waals surface area contributed by atoms with Gasteiger partial charge in [-0.3, -0.25) is 0 Å². The van der Waals surface area contributed by atoms with Gasteiger partial charge in [0.1, 0.15) is 5.82 Å². The molecule has 3 aromatic rings. The number of hydrogen-bond acceptors (Lipinski definition) is 5. The minimum absolute atomic E-state index is 0.324. The maximum Gasteiger partial charge on any atom is 0.222 e. The molecule has 2 aromatic heterocycles. The fraction of sp³-hybridized carbons (Fsp3) is 0.250. The number of aromatic nitrogens is 3. The third kappa shape index (κ3) is 2.27. The van der Waals surface area contributed by atoms with E-state index in [1.807, 2.05) is 18.3 Å². The Morgan fingerprint density at radius 2 is 1.95 bits per heavy atom. The van der Waals surface area contributed by atoms with Gasteiger partial charge in [-0.2, -0.15) is 4.98 Å². The number of nitrogens with zero attached hydrogens (tertiary/aromatic N) is 3. The minimum atomic E-state index is 0.324. The van der Waals surface area contributed by atoms with Crippen molar-refractivity contribution in [3.8, 4) is 11.3 Å². The number of benzene rings is 1. The second-order valence-corrected chi connectivity index (χ2v) is 5.46. The van der Waals surface area contributed by atoms with E-state index in [9.17, 15) is 0 Å². The number of nitrogen functional groups attached to an aromatic ring is 1. The van der Waals surface area contributed by atoms with Gasteiger partial charge in [-0.15, -0.1) is 0 Å². The molecule has 1 aliphatic rings. The zero-order valence-electron chi connectivity index (χ0n) is 12.2. The molecule has 6 heteroatoms. The lowest BCUT2D eigenvalue weighted by Gasteiger charge is -2.29. The second-order valence-electron chi connectivity index (χ2n) is 5.46. The normalized spacial score (nSPS) is 15.4. The van der Waals surface area contributed by atoms with Crippen LogP contribution in [0.4, 0.5) is 11.8 Å². The standard InChI is InChI=1S/C16H18N6/c17-16-20-14-10-11(13-2-1-5-19-13)3-4-12(14)15(21-16)22-8-6-18-7-9-22/h1-5,10,18-19H,6-9H2,(H2,17,20,21). The summed E-state index contributed by atoms with van der Waals surface area (Å²) in [7, 11) is 0. The summed E-state index contributed by atoms with van der Waals surface area (Å²) < 4.78 is 0. The number of H-pyrrole nitrogens is 1. The molecular weight excluding hydrogens is 276 g/mol. The van der Waals surface area contributed by atoms with E-state index >= 15 is 0 Å². The van der Waals surface area contributed by atoms with Gasteiger partial charge in [-0.05, 0) is 24.3 Å². The topological polar surface area (TPSA) is 82.9 Å². The Balaban J connectivity index is 1.84. The average molecular weight is 294 g/mol. The van der Waals surface area contributed by atoms with Crippen LogP contribution in [0.5, 0.6) is 0 Å². The number of aromatic amines is 1. The zero-order chi connectivity index (χ0) is 14.9. The van der Waals surface area contributed by atoms with Crippen molar-refractivity contribution in [2.24, 2.45) is 0 Å². The first-order chi connectivity index (χ1) is 10.8. The quantitative estimate of drug-likeness (QED) is 0.669. The molecule has 1 fully saturated rings. The Kier molecular flexibility index (Phi) is 3.16. The summed E-state index contributed by atoms with van der Waals surface area (Å²) in [6.07, 6.45) is 1.92. The Morgan fingerprint density at radius 1 is 1.09 bits per heavy atom. The number of fused-ring (bicyclic) bond motifs is 1. The molecule has 0 aliphatic carbocycles. The molecule has 1 aliphatic heterocycles. The van der Waals surface area contributed by atoms with Crippen molar-refractivity contribution < 1.29 is 0 Å². The number of rotatable bonds is 2. The lowest BCUT2D eigenvalue weighted by Crippen LogP contribution is -2.44. The molecule has 112 valence electrons. The Hall–Kier alpha value is -2.60. The van der Waals surface area contributed by atoms with Crippen molar-refractivity contribution >= 4 is 22.7 Å². The van der Waals surface area contributed by atoms with Crippen molar-refractivity contribution in [2.75, 3.05) is 36.8 Å². The van der Waals surface area contributed by atoms with Gasteiger partial charge in [-0.1, -0.05) is 6.07 Å². The highest BCUT2D eigenvalue weighted by Crippen LogP contribution is 2.28. The third-order valence-electron chi connectivity index (χ3n) is 4.02. The van der Waals surface area contributed by atoms with E-state index in [4.69, 9.17) is 5.73 Å². The van der Waals surface area contributed by atoms with Crippen LogP contribution in [0.2, 0.25) is 0 Å². The second kappa shape index (κ2) is 5.31. The van der Waals surface area contributed by atoms with Gasteiger partial charge in [0.2, 0.25) is 5.95 Å². The van der Waals surface area contributed by atoms with Crippen LogP contribution < -0.4 is 16.0 Å². The molecule has 0 saturated carbocycles.